The summed E-state index contributed by atoms with van der Waals surface area (Å²) in [6.45, 7) is 2.03. The Morgan fingerprint density at radius 2 is 2.06 bits per heavy atom. The van der Waals surface area contributed by atoms with E-state index >= 15 is 0 Å². The monoisotopic (exact) mass is 355 g/mol. The third kappa shape index (κ3) is 3.30. The van der Waals surface area contributed by atoms with Crippen molar-refractivity contribution in [3.63, 3.8) is 0 Å². The minimum atomic E-state index is 0.608. The first kappa shape index (κ1) is 12.6. The number of pyridine rings is 1. The first-order valence-electron chi connectivity index (χ1n) is 5.14. The number of hydrogen-bond acceptors (Lipinski definition) is 2. The molecule has 0 radical (unpaired) electrons. The molecule has 17 heavy (non-hydrogen) atoms. The van der Waals surface area contributed by atoms with Crippen LogP contribution in [0, 0.1) is 6.92 Å². The van der Waals surface area contributed by atoms with Crippen LogP contribution in [-0.4, -0.2) is 4.98 Å². The summed E-state index contributed by atoms with van der Waals surface area (Å²) < 4.78 is 6.74. The highest BCUT2D eigenvalue weighted by Gasteiger charge is 2.01. The van der Waals surface area contributed by atoms with Gasteiger partial charge in [-0.3, -0.25) is 0 Å². The van der Waals surface area contributed by atoms with E-state index in [2.05, 4.69) is 36.8 Å². The number of rotatable bonds is 3. The lowest BCUT2D eigenvalue weighted by Crippen LogP contribution is -1.89. The van der Waals surface area contributed by atoms with Gasteiger partial charge in [0.15, 0.2) is 0 Å². The quantitative estimate of drug-likeness (QED) is 0.734. The molecule has 0 saturated heterocycles. The van der Waals surface area contributed by atoms with Crippen LogP contribution in [-0.2, 0) is 5.33 Å². The summed E-state index contributed by atoms with van der Waals surface area (Å²) in [4.78, 5) is 4.23. The van der Waals surface area contributed by atoms with Gasteiger partial charge in [-0.15, -0.1) is 0 Å². The molecule has 0 aliphatic heterocycles. The second-order valence-electron chi connectivity index (χ2n) is 3.65. The van der Waals surface area contributed by atoms with Crippen LogP contribution in [0.2, 0.25) is 0 Å². The molecule has 0 atom stereocenters. The van der Waals surface area contributed by atoms with Crippen molar-refractivity contribution in [3.8, 4) is 11.6 Å². The van der Waals surface area contributed by atoms with E-state index in [1.807, 2.05) is 37.3 Å². The van der Waals surface area contributed by atoms with Gasteiger partial charge in [-0.25, -0.2) is 4.98 Å². The van der Waals surface area contributed by atoms with Crippen molar-refractivity contribution >= 4 is 31.9 Å². The second-order valence-corrected chi connectivity index (χ2v) is 5.07. The van der Waals surface area contributed by atoms with E-state index in [-0.39, 0.29) is 0 Å². The Morgan fingerprint density at radius 1 is 1.24 bits per heavy atom. The van der Waals surface area contributed by atoms with Crippen LogP contribution in [0.5, 0.6) is 11.6 Å². The molecule has 1 aromatic carbocycles. The highest BCUT2D eigenvalue weighted by molar-refractivity contribution is 9.10. The molecule has 0 aliphatic rings. The topological polar surface area (TPSA) is 22.1 Å². The van der Waals surface area contributed by atoms with Crippen LogP contribution < -0.4 is 4.74 Å². The van der Waals surface area contributed by atoms with E-state index < -0.39 is 0 Å². The highest BCUT2D eigenvalue weighted by Crippen LogP contribution is 2.25. The smallest absolute Gasteiger partial charge is 0.219 e. The molecule has 1 aromatic heterocycles. The summed E-state index contributed by atoms with van der Waals surface area (Å²) in [7, 11) is 0. The molecule has 2 aromatic rings. The molecule has 0 aliphatic carbocycles. The van der Waals surface area contributed by atoms with Crippen LogP contribution in [0.1, 0.15) is 11.1 Å². The average molecular weight is 357 g/mol. The number of alkyl halides is 1. The molecule has 0 N–H and O–H groups in total. The van der Waals surface area contributed by atoms with Crippen molar-refractivity contribution in [2.75, 3.05) is 0 Å². The van der Waals surface area contributed by atoms with Gasteiger partial charge in [-0.05, 0) is 36.2 Å². The summed E-state index contributed by atoms with van der Waals surface area (Å²) in [6, 6.07) is 9.72. The zero-order valence-electron chi connectivity index (χ0n) is 9.28. The van der Waals surface area contributed by atoms with Gasteiger partial charge in [0.2, 0.25) is 5.88 Å². The number of aryl methyl sites for hydroxylation is 1. The normalized spacial score (nSPS) is 10.3. The van der Waals surface area contributed by atoms with Crippen LogP contribution in [0.25, 0.3) is 0 Å². The minimum absolute atomic E-state index is 0.608. The third-order valence-electron chi connectivity index (χ3n) is 2.30. The van der Waals surface area contributed by atoms with E-state index in [9.17, 15) is 0 Å². The minimum Gasteiger partial charge on any atom is -0.439 e. The van der Waals surface area contributed by atoms with Crippen LogP contribution in [0.15, 0.2) is 41.0 Å². The zero-order valence-corrected chi connectivity index (χ0v) is 12.5. The summed E-state index contributed by atoms with van der Waals surface area (Å²) in [5, 5.41) is 0.803. The summed E-state index contributed by atoms with van der Waals surface area (Å²) >= 11 is 6.84. The lowest BCUT2D eigenvalue weighted by molar-refractivity contribution is 0.462. The van der Waals surface area contributed by atoms with Crippen molar-refractivity contribution in [2.24, 2.45) is 0 Å². The maximum absolute atomic E-state index is 5.67. The lowest BCUT2D eigenvalue weighted by Gasteiger charge is -2.06. The lowest BCUT2D eigenvalue weighted by atomic mass is 10.2. The van der Waals surface area contributed by atoms with Gasteiger partial charge >= 0.3 is 0 Å². The van der Waals surface area contributed by atoms with Crippen LogP contribution in [0.3, 0.4) is 0 Å². The number of ether oxygens (including phenoxy) is 1. The van der Waals surface area contributed by atoms with Crippen LogP contribution >= 0.6 is 31.9 Å². The van der Waals surface area contributed by atoms with Crippen molar-refractivity contribution in [2.45, 2.75) is 12.3 Å². The summed E-state index contributed by atoms with van der Waals surface area (Å²) in [6.07, 6.45) is 1.80. The van der Waals surface area contributed by atoms with E-state index in [4.69, 9.17) is 4.74 Å². The number of benzene rings is 1. The van der Waals surface area contributed by atoms with Crippen molar-refractivity contribution in [3.05, 3.63) is 52.1 Å². The van der Waals surface area contributed by atoms with Gasteiger partial charge in [0.25, 0.3) is 0 Å². The largest absolute Gasteiger partial charge is 0.439 e. The number of nitrogens with zero attached hydrogens (tertiary/aromatic N) is 1. The molecule has 2 nitrogen and oxygen atoms in total. The molecular weight excluding hydrogens is 346 g/mol. The molecule has 4 heteroatoms. The van der Waals surface area contributed by atoms with E-state index in [1.165, 1.54) is 0 Å². The van der Waals surface area contributed by atoms with Gasteiger partial charge in [0, 0.05) is 22.1 Å². The maximum Gasteiger partial charge on any atom is 0.219 e. The van der Waals surface area contributed by atoms with Gasteiger partial charge in [-0.1, -0.05) is 37.9 Å². The fourth-order valence-corrected chi connectivity index (χ4v) is 1.93. The molecular formula is C13H11Br2NO. The molecule has 0 fully saturated rings. The van der Waals surface area contributed by atoms with Gasteiger partial charge < -0.3 is 4.74 Å². The number of halogens is 2. The second kappa shape index (κ2) is 5.65. The molecule has 0 bridgehead atoms. The fourth-order valence-electron chi connectivity index (χ4n) is 1.35. The third-order valence-corrected chi connectivity index (χ3v) is 3.84. The predicted molar refractivity (Wildman–Crippen MR) is 75.8 cm³/mol. The molecule has 2 rings (SSSR count). The summed E-state index contributed by atoms with van der Waals surface area (Å²) in [5.41, 5.74) is 2.27. The zero-order chi connectivity index (χ0) is 12.3. The number of aromatic nitrogens is 1. The van der Waals surface area contributed by atoms with Crippen molar-refractivity contribution in [1.82, 2.24) is 4.98 Å². The standard InChI is InChI=1S/C13H11Br2NO/c1-9-6-11(3-4-12(9)15)17-13-5-2-10(7-14)8-16-13/h2-6,8H,7H2,1H3. The molecule has 0 unspecified atom stereocenters. The molecule has 88 valence electrons. The Kier molecular flexibility index (Phi) is 4.18. The molecule has 0 saturated carbocycles. The molecule has 1 heterocycles. The van der Waals surface area contributed by atoms with Gasteiger partial charge in [0.05, 0.1) is 0 Å². The first-order valence-corrected chi connectivity index (χ1v) is 7.05. The maximum atomic E-state index is 5.67. The Bertz CT molecular complexity index is 511. The fraction of sp³-hybridized carbons (Fsp3) is 0.154. The Hall–Kier alpha value is -0.870. The van der Waals surface area contributed by atoms with Gasteiger partial charge in [-0.2, -0.15) is 0 Å². The highest BCUT2D eigenvalue weighted by atomic mass is 79.9. The molecule has 0 amide bonds. The number of hydrogen-bond donors (Lipinski definition) is 0. The molecule has 0 spiro atoms. The SMILES string of the molecule is Cc1cc(Oc2ccc(CBr)cn2)ccc1Br. The van der Waals surface area contributed by atoms with Crippen molar-refractivity contribution < 1.29 is 4.74 Å². The van der Waals surface area contributed by atoms with Crippen LogP contribution in [0.4, 0.5) is 0 Å². The van der Waals surface area contributed by atoms with Gasteiger partial charge in [0.1, 0.15) is 5.75 Å². The van der Waals surface area contributed by atoms with E-state index in [1.54, 1.807) is 6.20 Å². The Balaban J connectivity index is 2.16. The Labute approximate surface area is 117 Å². The average Bonchev–Trinajstić information content (AvgIpc) is 2.35. The predicted octanol–water partition coefficient (Wildman–Crippen LogP) is 4.84. The van der Waals surface area contributed by atoms with Crippen molar-refractivity contribution in [1.29, 1.82) is 0 Å². The van der Waals surface area contributed by atoms with E-state index in [0.29, 0.717) is 5.88 Å². The summed E-state index contributed by atoms with van der Waals surface area (Å²) in [5.74, 6) is 1.40. The Morgan fingerprint density at radius 3 is 2.65 bits per heavy atom. The van der Waals surface area contributed by atoms with E-state index in [0.717, 1.165) is 26.7 Å². The first-order chi connectivity index (χ1) is 8.19.